The number of rotatable bonds is 5. The molecule has 92 valence electrons. The van der Waals surface area contributed by atoms with Gasteiger partial charge in [0.1, 0.15) is 6.04 Å². The fourth-order valence-electron chi connectivity index (χ4n) is 2.06. The van der Waals surface area contributed by atoms with E-state index in [0.29, 0.717) is 6.42 Å². The highest BCUT2D eigenvalue weighted by atomic mass is 16.5. The highest BCUT2D eigenvalue weighted by molar-refractivity contribution is 5.76. The molecule has 0 aliphatic carbocycles. The Bertz CT molecular complexity index is 256. The van der Waals surface area contributed by atoms with Gasteiger partial charge >= 0.3 is 5.97 Å². The van der Waals surface area contributed by atoms with Crippen LogP contribution in [0.4, 0.5) is 0 Å². The highest BCUT2D eigenvalue weighted by Crippen LogP contribution is 2.18. The van der Waals surface area contributed by atoms with Crippen LogP contribution in [0.1, 0.15) is 25.7 Å². The molecule has 0 spiro atoms. The van der Waals surface area contributed by atoms with Crippen molar-refractivity contribution in [3.05, 3.63) is 0 Å². The van der Waals surface area contributed by atoms with Gasteiger partial charge in [-0.05, 0) is 32.4 Å². The van der Waals surface area contributed by atoms with E-state index in [4.69, 9.17) is 4.74 Å². The monoisotopic (exact) mass is 228 g/mol. The summed E-state index contributed by atoms with van der Waals surface area (Å²) in [5, 5.41) is 2.59. The molecule has 0 radical (unpaired) electrons. The molecule has 1 heterocycles. The minimum Gasteiger partial charge on any atom is -0.468 e. The first kappa shape index (κ1) is 13.0. The Kier molecular flexibility index (Phi) is 5.25. The van der Waals surface area contributed by atoms with Crippen LogP contribution in [0.3, 0.4) is 0 Å². The normalized spacial score (nSPS) is 20.8. The third-order valence-electron chi connectivity index (χ3n) is 2.96. The molecule has 1 unspecified atom stereocenters. The summed E-state index contributed by atoms with van der Waals surface area (Å²) in [5.74, 6) is -0.105. The molecule has 1 N–H and O–H groups in total. The molecule has 5 nitrogen and oxygen atoms in total. The van der Waals surface area contributed by atoms with Crippen molar-refractivity contribution in [2.45, 2.75) is 31.7 Å². The van der Waals surface area contributed by atoms with Crippen LogP contribution in [0.5, 0.6) is 0 Å². The number of hydrogen-bond acceptors (Lipinski definition) is 4. The van der Waals surface area contributed by atoms with Crippen molar-refractivity contribution in [2.75, 3.05) is 27.2 Å². The van der Waals surface area contributed by atoms with E-state index in [2.05, 4.69) is 10.2 Å². The van der Waals surface area contributed by atoms with Gasteiger partial charge in [0.05, 0.1) is 7.11 Å². The molecule has 1 saturated heterocycles. The molecule has 1 fully saturated rings. The molecule has 1 aliphatic heterocycles. The average molecular weight is 228 g/mol. The minimum absolute atomic E-state index is 0.0498. The van der Waals surface area contributed by atoms with Gasteiger partial charge in [-0.1, -0.05) is 0 Å². The van der Waals surface area contributed by atoms with E-state index < -0.39 is 0 Å². The van der Waals surface area contributed by atoms with Crippen molar-refractivity contribution in [1.82, 2.24) is 10.2 Å². The Morgan fingerprint density at radius 1 is 1.50 bits per heavy atom. The van der Waals surface area contributed by atoms with Gasteiger partial charge in [0.2, 0.25) is 5.91 Å². The number of carbonyl (C=O) groups excluding carboxylic acids is 2. The lowest BCUT2D eigenvalue weighted by molar-refractivity contribution is -0.145. The summed E-state index contributed by atoms with van der Waals surface area (Å²) in [6.07, 6.45) is 3.19. The quantitative estimate of drug-likeness (QED) is 0.680. The van der Waals surface area contributed by atoms with Gasteiger partial charge in [-0.15, -0.1) is 0 Å². The maximum atomic E-state index is 11.4. The van der Waals surface area contributed by atoms with E-state index in [1.54, 1.807) is 7.05 Å². The van der Waals surface area contributed by atoms with Crippen LogP contribution >= 0.6 is 0 Å². The van der Waals surface area contributed by atoms with Crippen LogP contribution in [0.25, 0.3) is 0 Å². The zero-order valence-corrected chi connectivity index (χ0v) is 9.99. The standard InChI is InChI=1S/C11H20N2O3/c1-12-10(14)6-4-8-13-7-3-5-9(13)11(15)16-2/h9H,3-8H2,1-2H3,(H,12,14). The van der Waals surface area contributed by atoms with Gasteiger partial charge in [0.15, 0.2) is 0 Å². The predicted molar refractivity (Wildman–Crippen MR) is 59.9 cm³/mol. The second-order valence-electron chi connectivity index (χ2n) is 3.99. The Balaban J connectivity index is 2.30. The Morgan fingerprint density at radius 3 is 2.88 bits per heavy atom. The number of ether oxygens (including phenoxy) is 1. The Morgan fingerprint density at radius 2 is 2.25 bits per heavy atom. The molecule has 1 atom stereocenters. The molecule has 5 heteroatoms. The summed E-state index contributed by atoms with van der Waals surface area (Å²) in [5.41, 5.74) is 0. The number of nitrogens with one attached hydrogen (secondary N) is 1. The lowest BCUT2D eigenvalue weighted by atomic mass is 10.2. The first-order chi connectivity index (χ1) is 7.69. The van der Waals surface area contributed by atoms with Gasteiger partial charge in [-0.2, -0.15) is 0 Å². The zero-order chi connectivity index (χ0) is 12.0. The van der Waals surface area contributed by atoms with E-state index in [0.717, 1.165) is 32.4 Å². The SMILES string of the molecule is CNC(=O)CCCN1CCCC1C(=O)OC. The number of amides is 1. The minimum atomic E-state index is -0.155. The summed E-state index contributed by atoms with van der Waals surface area (Å²) >= 11 is 0. The van der Waals surface area contributed by atoms with E-state index in [-0.39, 0.29) is 17.9 Å². The van der Waals surface area contributed by atoms with Crippen LogP contribution < -0.4 is 5.32 Å². The van der Waals surface area contributed by atoms with Crippen LogP contribution in [0.2, 0.25) is 0 Å². The number of hydrogen-bond donors (Lipinski definition) is 1. The lowest BCUT2D eigenvalue weighted by Crippen LogP contribution is -2.37. The molecule has 0 aromatic rings. The van der Waals surface area contributed by atoms with Gasteiger partial charge in [0, 0.05) is 13.5 Å². The van der Waals surface area contributed by atoms with E-state index in [9.17, 15) is 9.59 Å². The molecule has 1 amide bonds. The third-order valence-corrected chi connectivity index (χ3v) is 2.96. The smallest absolute Gasteiger partial charge is 0.323 e. The maximum absolute atomic E-state index is 11.4. The first-order valence-electron chi connectivity index (χ1n) is 5.71. The molecule has 1 rings (SSSR count). The summed E-state index contributed by atoms with van der Waals surface area (Å²) in [7, 11) is 3.05. The first-order valence-corrected chi connectivity index (χ1v) is 5.71. The van der Waals surface area contributed by atoms with Crippen LogP contribution in [-0.4, -0.2) is 50.1 Å². The van der Waals surface area contributed by atoms with E-state index >= 15 is 0 Å². The van der Waals surface area contributed by atoms with Crippen molar-refractivity contribution in [3.8, 4) is 0 Å². The van der Waals surface area contributed by atoms with Crippen molar-refractivity contribution in [2.24, 2.45) is 0 Å². The second-order valence-corrected chi connectivity index (χ2v) is 3.99. The van der Waals surface area contributed by atoms with Crippen LogP contribution in [0.15, 0.2) is 0 Å². The number of carbonyl (C=O) groups is 2. The van der Waals surface area contributed by atoms with Crippen molar-refractivity contribution in [3.63, 3.8) is 0 Å². The summed E-state index contributed by atoms with van der Waals surface area (Å²) < 4.78 is 4.75. The summed E-state index contributed by atoms with van der Waals surface area (Å²) in [6, 6.07) is -0.102. The molecule has 0 saturated carbocycles. The highest BCUT2D eigenvalue weighted by Gasteiger charge is 2.30. The fraction of sp³-hybridized carbons (Fsp3) is 0.818. The molecule has 1 aliphatic rings. The molecule has 0 aromatic carbocycles. The number of methoxy groups -OCH3 is 1. The van der Waals surface area contributed by atoms with Crippen LogP contribution in [0, 0.1) is 0 Å². The van der Waals surface area contributed by atoms with E-state index in [1.165, 1.54) is 7.11 Å². The van der Waals surface area contributed by atoms with Gasteiger partial charge in [0.25, 0.3) is 0 Å². The Hall–Kier alpha value is -1.10. The van der Waals surface area contributed by atoms with Gasteiger partial charge < -0.3 is 10.1 Å². The number of esters is 1. The summed E-state index contributed by atoms with van der Waals surface area (Å²) in [6.45, 7) is 1.71. The molecule has 0 aromatic heterocycles. The Labute approximate surface area is 96.1 Å². The fourth-order valence-corrected chi connectivity index (χ4v) is 2.06. The zero-order valence-electron chi connectivity index (χ0n) is 9.99. The van der Waals surface area contributed by atoms with Gasteiger partial charge in [-0.3, -0.25) is 14.5 Å². The van der Waals surface area contributed by atoms with Crippen molar-refractivity contribution < 1.29 is 14.3 Å². The summed E-state index contributed by atoms with van der Waals surface area (Å²) in [4.78, 5) is 24.6. The van der Waals surface area contributed by atoms with Crippen molar-refractivity contribution in [1.29, 1.82) is 0 Å². The molecule has 0 bridgehead atoms. The average Bonchev–Trinajstić information content (AvgIpc) is 2.76. The van der Waals surface area contributed by atoms with E-state index in [1.807, 2.05) is 0 Å². The topological polar surface area (TPSA) is 58.6 Å². The maximum Gasteiger partial charge on any atom is 0.323 e. The molecule has 16 heavy (non-hydrogen) atoms. The predicted octanol–water partition coefficient (Wildman–Crippen LogP) is 0.150. The third kappa shape index (κ3) is 3.48. The number of likely N-dealkylation sites (tertiary alicyclic amines) is 1. The largest absolute Gasteiger partial charge is 0.468 e. The second kappa shape index (κ2) is 6.48. The number of nitrogens with zero attached hydrogens (tertiary/aromatic N) is 1. The molecular formula is C11H20N2O3. The molecular weight excluding hydrogens is 208 g/mol. The van der Waals surface area contributed by atoms with Crippen LogP contribution in [-0.2, 0) is 14.3 Å². The lowest BCUT2D eigenvalue weighted by Gasteiger charge is -2.21. The van der Waals surface area contributed by atoms with Gasteiger partial charge in [-0.25, -0.2) is 0 Å². The van der Waals surface area contributed by atoms with Crippen molar-refractivity contribution >= 4 is 11.9 Å².